The Hall–Kier alpha value is -2.63. The fourth-order valence-electron chi connectivity index (χ4n) is 1.97. The van der Waals surface area contributed by atoms with Gasteiger partial charge in [0.05, 0.1) is 18.4 Å². The quantitative estimate of drug-likeness (QED) is 0.798. The first kappa shape index (κ1) is 15.8. The zero-order chi connectivity index (χ0) is 15.9. The molecule has 6 nitrogen and oxygen atoms in total. The molecule has 0 atom stereocenters. The Kier molecular flexibility index (Phi) is 5.30. The number of aryl methyl sites for hydroxylation is 1. The molecule has 0 fully saturated rings. The van der Waals surface area contributed by atoms with Crippen LogP contribution in [0.15, 0.2) is 30.3 Å². The van der Waals surface area contributed by atoms with Crippen molar-refractivity contribution in [3.63, 3.8) is 0 Å². The number of carbonyl (C=O) groups excluding carboxylic acids is 1. The molecule has 1 heterocycles. The van der Waals surface area contributed by atoms with Gasteiger partial charge in [0.25, 0.3) is 0 Å². The van der Waals surface area contributed by atoms with E-state index in [0.717, 1.165) is 24.5 Å². The highest BCUT2D eigenvalue weighted by Gasteiger charge is 2.12. The second-order valence-corrected chi connectivity index (χ2v) is 4.81. The lowest BCUT2D eigenvalue weighted by molar-refractivity contribution is 0.0602. The van der Waals surface area contributed by atoms with E-state index in [4.69, 9.17) is 4.74 Å². The Morgan fingerprint density at radius 2 is 2.05 bits per heavy atom. The molecule has 2 rings (SSSR count). The number of ether oxygens (including phenoxy) is 1. The molecule has 0 unspecified atom stereocenters. The number of benzene rings is 1. The molecule has 22 heavy (non-hydrogen) atoms. The summed E-state index contributed by atoms with van der Waals surface area (Å²) in [5, 5.41) is 6.31. The third kappa shape index (κ3) is 3.94. The van der Waals surface area contributed by atoms with E-state index >= 15 is 0 Å². The molecular weight excluding hydrogens is 280 g/mol. The maximum absolute atomic E-state index is 11.8. The van der Waals surface area contributed by atoms with E-state index in [-0.39, 0.29) is 0 Å². The number of aromatic nitrogens is 2. The van der Waals surface area contributed by atoms with Crippen LogP contribution in [-0.2, 0) is 4.74 Å². The van der Waals surface area contributed by atoms with Gasteiger partial charge in [0.2, 0.25) is 5.95 Å². The first-order chi connectivity index (χ1) is 10.6. The van der Waals surface area contributed by atoms with E-state index in [1.54, 1.807) is 18.2 Å². The summed E-state index contributed by atoms with van der Waals surface area (Å²) in [6, 6.07) is 8.98. The minimum atomic E-state index is -0.403. The van der Waals surface area contributed by atoms with Gasteiger partial charge in [0.15, 0.2) is 0 Å². The molecule has 0 aliphatic heterocycles. The molecule has 2 N–H and O–H groups in total. The highest BCUT2D eigenvalue weighted by atomic mass is 16.5. The second kappa shape index (κ2) is 7.40. The highest BCUT2D eigenvalue weighted by molar-refractivity contribution is 5.96. The fourth-order valence-corrected chi connectivity index (χ4v) is 1.97. The molecular formula is C16H20N4O2. The van der Waals surface area contributed by atoms with Crippen molar-refractivity contribution in [1.82, 2.24) is 9.97 Å². The zero-order valence-corrected chi connectivity index (χ0v) is 13.0. The lowest BCUT2D eigenvalue weighted by Crippen LogP contribution is -2.09. The Balaban J connectivity index is 2.27. The summed E-state index contributed by atoms with van der Waals surface area (Å²) in [6.07, 6.45) is 1.01. The molecule has 1 aromatic carbocycles. The van der Waals surface area contributed by atoms with E-state index in [9.17, 15) is 4.79 Å². The molecule has 2 aromatic rings. The van der Waals surface area contributed by atoms with Gasteiger partial charge in [-0.25, -0.2) is 9.78 Å². The number of nitrogens with zero attached hydrogens (tertiary/aromatic N) is 2. The first-order valence-electron chi connectivity index (χ1n) is 7.18. The minimum absolute atomic E-state index is 0.403. The summed E-state index contributed by atoms with van der Waals surface area (Å²) in [5.74, 6) is 0.794. The van der Waals surface area contributed by atoms with E-state index < -0.39 is 5.97 Å². The van der Waals surface area contributed by atoms with Gasteiger partial charge in [-0.3, -0.25) is 0 Å². The van der Waals surface area contributed by atoms with Crippen LogP contribution in [0.5, 0.6) is 0 Å². The number of esters is 1. The number of hydrogen-bond acceptors (Lipinski definition) is 6. The second-order valence-electron chi connectivity index (χ2n) is 4.81. The van der Waals surface area contributed by atoms with Crippen LogP contribution in [0, 0.1) is 6.92 Å². The Bertz CT molecular complexity index is 658. The van der Waals surface area contributed by atoms with E-state index in [2.05, 4.69) is 27.5 Å². The molecule has 116 valence electrons. The largest absolute Gasteiger partial charge is 0.465 e. The SMILES string of the molecule is CCCNc1cc(C)nc(Nc2ccccc2C(=O)OC)n1. The van der Waals surface area contributed by atoms with Crippen LogP contribution in [0.1, 0.15) is 29.4 Å². The number of carbonyl (C=O) groups is 1. The molecule has 0 aliphatic carbocycles. The maximum Gasteiger partial charge on any atom is 0.339 e. The summed E-state index contributed by atoms with van der Waals surface area (Å²) in [6.45, 7) is 4.83. The standard InChI is InChI=1S/C16H20N4O2/c1-4-9-17-14-10-11(2)18-16(20-14)19-13-8-6-5-7-12(13)15(21)22-3/h5-8,10H,4,9H2,1-3H3,(H2,17,18,19,20). The van der Waals surface area contributed by atoms with Crippen LogP contribution in [0.25, 0.3) is 0 Å². The van der Waals surface area contributed by atoms with Gasteiger partial charge in [-0.1, -0.05) is 19.1 Å². The first-order valence-corrected chi connectivity index (χ1v) is 7.18. The third-order valence-electron chi connectivity index (χ3n) is 2.99. The summed E-state index contributed by atoms with van der Waals surface area (Å²) < 4.78 is 4.78. The third-order valence-corrected chi connectivity index (χ3v) is 2.99. The lowest BCUT2D eigenvalue weighted by atomic mass is 10.2. The van der Waals surface area contributed by atoms with Gasteiger partial charge in [-0.05, 0) is 25.5 Å². The Morgan fingerprint density at radius 3 is 2.77 bits per heavy atom. The smallest absolute Gasteiger partial charge is 0.339 e. The van der Waals surface area contributed by atoms with Gasteiger partial charge in [0.1, 0.15) is 5.82 Å². The van der Waals surface area contributed by atoms with E-state index in [1.807, 2.05) is 19.1 Å². The van der Waals surface area contributed by atoms with Crippen molar-refractivity contribution in [3.8, 4) is 0 Å². The van der Waals surface area contributed by atoms with Crippen LogP contribution in [0.2, 0.25) is 0 Å². The van der Waals surface area contributed by atoms with Gasteiger partial charge in [-0.2, -0.15) is 4.98 Å². The number of nitrogens with one attached hydrogen (secondary N) is 2. The van der Waals surface area contributed by atoms with Gasteiger partial charge >= 0.3 is 5.97 Å². The number of para-hydroxylation sites is 1. The molecule has 0 bridgehead atoms. The molecule has 1 aromatic heterocycles. The molecule has 0 spiro atoms. The van der Waals surface area contributed by atoms with Gasteiger partial charge in [-0.15, -0.1) is 0 Å². The fraction of sp³-hybridized carbons (Fsp3) is 0.312. The number of anilines is 3. The Labute approximate surface area is 129 Å². The summed E-state index contributed by atoms with van der Waals surface area (Å²) in [4.78, 5) is 20.5. The number of methoxy groups -OCH3 is 1. The predicted octanol–water partition coefficient (Wildman–Crippen LogP) is 3.14. The monoisotopic (exact) mass is 300 g/mol. The average Bonchev–Trinajstić information content (AvgIpc) is 2.52. The van der Waals surface area contributed by atoms with Crippen molar-refractivity contribution >= 4 is 23.4 Å². The zero-order valence-electron chi connectivity index (χ0n) is 13.0. The van der Waals surface area contributed by atoms with E-state index in [1.165, 1.54) is 7.11 Å². The van der Waals surface area contributed by atoms with Crippen molar-refractivity contribution in [2.45, 2.75) is 20.3 Å². The van der Waals surface area contributed by atoms with Crippen molar-refractivity contribution in [1.29, 1.82) is 0 Å². The van der Waals surface area contributed by atoms with Crippen molar-refractivity contribution in [3.05, 3.63) is 41.6 Å². The molecule has 0 saturated carbocycles. The number of rotatable bonds is 6. The molecule has 0 saturated heterocycles. The molecule has 0 aliphatic rings. The summed E-state index contributed by atoms with van der Waals surface area (Å²) in [5.41, 5.74) is 1.89. The van der Waals surface area contributed by atoms with Gasteiger partial charge in [0, 0.05) is 18.3 Å². The maximum atomic E-state index is 11.8. The van der Waals surface area contributed by atoms with Crippen LogP contribution >= 0.6 is 0 Å². The van der Waals surface area contributed by atoms with Crippen molar-refractivity contribution in [2.75, 3.05) is 24.3 Å². The molecule has 6 heteroatoms. The normalized spacial score (nSPS) is 10.1. The predicted molar refractivity (Wildman–Crippen MR) is 86.6 cm³/mol. The topological polar surface area (TPSA) is 76.1 Å². The minimum Gasteiger partial charge on any atom is -0.465 e. The van der Waals surface area contributed by atoms with Crippen LogP contribution in [0.3, 0.4) is 0 Å². The average molecular weight is 300 g/mol. The van der Waals surface area contributed by atoms with Crippen molar-refractivity contribution < 1.29 is 9.53 Å². The Morgan fingerprint density at radius 1 is 1.27 bits per heavy atom. The lowest BCUT2D eigenvalue weighted by Gasteiger charge is -2.11. The number of hydrogen-bond donors (Lipinski definition) is 2. The van der Waals surface area contributed by atoms with Gasteiger partial charge < -0.3 is 15.4 Å². The van der Waals surface area contributed by atoms with Crippen molar-refractivity contribution in [2.24, 2.45) is 0 Å². The van der Waals surface area contributed by atoms with Crippen LogP contribution < -0.4 is 10.6 Å². The summed E-state index contributed by atoms with van der Waals surface area (Å²) in [7, 11) is 1.36. The molecule has 0 radical (unpaired) electrons. The van der Waals surface area contributed by atoms with Crippen LogP contribution in [0.4, 0.5) is 17.5 Å². The highest BCUT2D eigenvalue weighted by Crippen LogP contribution is 2.20. The van der Waals surface area contributed by atoms with Crippen LogP contribution in [-0.4, -0.2) is 29.6 Å². The summed E-state index contributed by atoms with van der Waals surface area (Å²) >= 11 is 0. The molecule has 0 amide bonds. The van der Waals surface area contributed by atoms with E-state index in [0.29, 0.717) is 17.2 Å².